The minimum Gasteiger partial charge on any atom is -0.445 e. The molecule has 0 aliphatic carbocycles. The van der Waals surface area contributed by atoms with Crippen molar-refractivity contribution < 1.29 is 9.21 Å². The van der Waals surface area contributed by atoms with Crippen molar-refractivity contribution in [3.05, 3.63) is 77.0 Å². The first kappa shape index (κ1) is 17.7. The number of oxazole rings is 1. The van der Waals surface area contributed by atoms with Crippen LogP contribution in [0.5, 0.6) is 0 Å². The molecule has 3 heterocycles. The zero-order valence-corrected chi connectivity index (χ0v) is 15.5. The van der Waals surface area contributed by atoms with Crippen molar-refractivity contribution in [1.82, 2.24) is 19.9 Å². The van der Waals surface area contributed by atoms with Gasteiger partial charge in [0.2, 0.25) is 5.82 Å². The third-order valence-electron chi connectivity index (χ3n) is 4.65. The van der Waals surface area contributed by atoms with Crippen molar-refractivity contribution in [2.24, 2.45) is 0 Å². The highest BCUT2D eigenvalue weighted by Crippen LogP contribution is 2.28. The van der Waals surface area contributed by atoms with Crippen LogP contribution in [0.15, 0.2) is 53.3 Å². The Morgan fingerprint density at radius 1 is 1.22 bits per heavy atom. The molecule has 0 spiro atoms. The van der Waals surface area contributed by atoms with E-state index < -0.39 is 0 Å². The van der Waals surface area contributed by atoms with Crippen molar-refractivity contribution in [2.75, 3.05) is 13.1 Å². The van der Waals surface area contributed by atoms with Crippen molar-refractivity contribution >= 4 is 17.5 Å². The first-order valence-corrected chi connectivity index (χ1v) is 9.32. The number of benzene rings is 1. The van der Waals surface area contributed by atoms with Gasteiger partial charge in [0.05, 0.1) is 12.1 Å². The van der Waals surface area contributed by atoms with Gasteiger partial charge in [-0.2, -0.15) is 0 Å². The number of amides is 1. The van der Waals surface area contributed by atoms with E-state index in [0.29, 0.717) is 30.4 Å². The van der Waals surface area contributed by atoms with E-state index in [4.69, 9.17) is 16.0 Å². The summed E-state index contributed by atoms with van der Waals surface area (Å²) in [7, 11) is 0. The SMILES string of the molecule is O=C(c1ncccn1)N1CCC[C@H](c2ncc(Cc3cccc(Cl)c3)o2)C1. The standard InChI is InChI=1S/C20H19ClN4O2/c21-16-6-1-4-14(10-16)11-17-12-24-19(27-17)15-5-2-9-25(13-15)20(26)18-22-7-3-8-23-18/h1,3-4,6-8,10,12,15H,2,5,9,11,13H2/t15-/m0/s1. The Morgan fingerprint density at radius 2 is 2.07 bits per heavy atom. The van der Waals surface area contributed by atoms with Crippen LogP contribution in [-0.2, 0) is 6.42 Å². The van der Waals surface area contributed by atoms with Gasteiger partial charge in [-0.05, 0) is 36.6 Å². The molecular formula is C20H19ClN4O2. The number of piperidine rings is 1. The molecule has 0 saturated carbocycles. The quantitative estimate of drug-likeness (QED) is 0.687. The number of likely N-dealkylation sites (tertiary alicyclic amines) is 1. The van der Waals surface area contributed by atoms with Gasteiger partial charge in [0.25, 0.3) is 5.91 Å². The van der Waals surface area contributed by atoms with Gasteiger partial charge < -0.3 is 9.32 Å². The van der Waals surface area contributed by atoms with Crippen molar-refractivity contribution in [2.45, 2.75) is 25.2 Å². The van der Waals surface area contributed by atoms with E-state index in [0.717, 1.165) is 24.2 Å². The summed E-state index contributed by atoms with van der Waals surface area (Å²) >= 11 is 6.04. The van der Waals surface area contributed by atoms with E-state index in [-0.39, 0.29) is 17.6 Å². The summed E-state index contributed by atoms with van der Waals surface area (Å²) in [6, 6.07) is 9.40. The van der Waals surface area contributed by atoms with E-state index in [1.54, 1.807) is 29.6 Å². The Kier molecular flexibility index (Phi) is 5.16. The van der Waals surface area contributed by atoms with Crippen LogP contribution >= 0.6 is 11.6 Å². The van der Waals surface area contributed by atoms with Gasteiger partial charge in [0.15, 0.2) is 5.89 Å². The molecule has 1 amide bonds. The molecule has 0 unspecified atom stereocenters. The first-order chi connectivity index (χ1) is 13.2. The van der Waals surface area contributed by atoms with Gasteiger partial charge in [-0.15, -0.1) is 0 Å². The van der Waals surface area contributed by atoms with Crippen molar-refractivity contribution in [1.29, 1.82) is 0 Å². The fourth-order valence-electron chi connectivity index (χ4n) is 3.36. The van der Waals surface area contributed by atoms with E-state index in [9.17, 15) is 4.79 Å². The van der Waals surface area contributed by atoms with Crippen molar-refractivity contribution in [3.63, 3.8) is 0 Å². The summed E-state index contributed by atoms with van der Waals surface area (Å²) in [6.07, 6.45) is 7.40. The van der Waals surface area contributed by atoms with E-state index in [1.807, 2.05) is 24.3 Å². The second-order valence-corrected chi connectivity index (χ2v) is 7.07. The van der Waals surface area contributed by atoms with Gasteiger partial charge in [-0.3, -0.25) is 4.79 Å². The highest BCUT2D eigenvalue weighted by Gasteiger charge is 2.29. The molecule has 0 radical (unpaired) electrons. The molecule has 7 heteroatoms. The van der Waals surface area contributed by atoms with E-state index in [1.165, 1.54) is 0 Å². The number of halogens is 1. The maximum Gasteiger partial charge on any atom is 0.291 e. The molecule has 1 aliphatic heterocycles. The van der Waals surface area contributed by atoms with Gasteiger partial charge >= 0.3 is 0 Å². The second-order valence-electron chi connectivity index (χ2n) is 6.63. The zero-order valence-electron chi connectivity index (χ0n) is 14.7. The van der Waals surface area contributed by atoms with E-state index in [2.05, 4.69) is 15.0 Å². The largest absolute Gasteiger partial charge is 0.445 e. The summed E-state index contributed by atoms with van der Waals surface area (Å²) in [5.74, 6) is 1.64. The third kappa shape index (κ3) is 4.17. The molecule has 1 aromatic carbocycles. The minimum absolute atomic E-state index is 0.0829. The average Bonchev–Trinajstić information content (AvgIpc) is 3.17. The number of hydrogen-bond donors (Lipinski definition) is 0. The lowest BCUT2D eigenvalue weighted by atomic mass is 9.98. The molecule has 1 fully saturated rings. The second kappa shape index (κ2) is 7.88. The Bertz CT molecular complexity index is 928. The Labute approximate surface area is 162 Å². The molecule has 6 nitrogen and oxygen atoms in total. The van der Waals surface area contributed by atoms with Gasteiger partial charge in [-0.1, -0.05) is 23.7 Å². The van der Waals surface area contributed by atoms with Crippen LogP contribution in [0.4, 0.5) is 0 Å². The number of carbonyl (C=O) groups is 1. The first-order valence-electron chi connectivity index (χ1n) is 8.94. The lowest BCUT2D eigenvalue weighted by molar-refractivity contribution is 0.0685. The van der Waals surface area contributed by atoms with Crippen LogP contribution in [0.1, 0.15) is 46.6 Å². The molecule has 3 aromatic rings. The molecule has 0 N–H and O–H groups in total. The third-order valence-corrected chi connectivity index (χ3v) is 4.89. The summed E-state index contributed by atoms with van der Waals surface area (Å²) < 4.78 is 5.98. The predicted molar refractivity (Wildman–Crippen MR) is 101 cm³/mol. The van der Waals surface area contributed by atoms with Crippen LogP contribution < -0.4 is 0 Å². The molecule has 1 atom stereocenters. The predicted octanol–water partition coefficient (Wildman–Crippen LogP) is 3.73. The molecule has 1 saturated heterocycles. The van der Waals surface area contributed by atoms with Crippen LogP contribution in [-0.4, -0.2) is 38.8 Å². The molecule has 4 rings (SSSR count). The monoisotopic (exact) mass is 382 g/mol. The van der Waals surface area contributed by atoms with Crippen LogP contribution in [0.3, 0.4) is 0 Å². The molecular weight excluding hydrogens is 364 g/mol. The topological polar surface area (TPSA) is 72.1 Å². The minimum atomic E-state index is -0.147. The Balaban J connectivity index is 1.44. The number of carbonyl (C=O) groups excluding carboxylic acids is 1. The maximum absolute atomic E-state index is 12.6. The number of nitrogens with zero attached hydrogens (tertiary/aromatic N) is 4. The number of aromatic nitrogens is 3. The summed E-state index contributed by atoms with van der Waals surface area (Å²) in [4.78, 5) is 26.9. The lowest BCUT2D eigenvalue weighted by Crippen LogP contribution is -2.39. The normalized spacial score (nSPS) is 17.1. The fourth-order valence-corrected chi connectivity index (χ4v) is 3.57. The zero-order chi connectivity index (χ0) is 18.6. The molecule has 1 aliphatic rings. The highest BCUT2D eigenvalue weighted by molar-refractivity contribution is 6.30. The fraction of sp³-hybridized carbons (Fsp3) is 0.300. The summed E-state index contributed by atoms with van der Waals surface area (Å²) in [6.45, 7) is 1.26. The summed E-state index contributed by atoms with van der Waals surface area (Å²) in [5.41, 5.74) is 1.08. The smallest absolute Gasteiger partial charge is 0.291 e. The maximum atomic E-state index is 12.6. The average molecular weight is 383 g/mol. The highest BCUT2D eigenvalue weighted by atomic mass is 35.5. The summed E-state index contributed by atoms with van der Waals surface area (Å²) in [5, 5.41) is 0.705. The molecule has 0 bridgehead atoms. The van der Waals surface area contributed by atoms with Gasteiger partial charge in [0, 0.05) is 36.9 Å². The van der Waals surface area contributed by atoms with E-state index >= 15 is 0 Å². The Morgan fingerprint density at radius 3 is 2.89 bits per heavy atom. The lowest BCUT2D eigenvalue weighted by Gasteiger charge is -2.30. The number of rotatable bonds is 4. The van der Waals surface area contributed by atoms with Crippen molar-refractivity contribution in [3.8, 4) is 0 Å². The molecule has 138 valence electrons. The van der Waals surface area contributed by atoms with Crippen LogP contribution in [0.2, 0.25) is 5.02 Å². The van der Waals surface area contributed by atoms with Crippen LogP contribution in [0.25, 0.3) is 0 Å². The molecule has 27 heavy (non-hydrogen) atoms. The van der Waals surface area contributed by atoms with Crippen LogP contribution in [0, 0.1) is 0 Å². The molecule has 2 aromatic heterocycles. The van der Waals surface area contributed by atoms with Gasteiger partial charge in [0.1, 0.15) is 5.76 Å². The Hall–Kier alpha value is -2.73. The number of hydrogen-bond acceptors (Lipinski definition) is 5. The van der Waals surface area contributed by atoms with Gasteiger partial charge in [-0.25, -0.2) is 15.0 Å².